The first kappa shape index (κ1) is 19.9. The van der Waals surface area contributed by atoms with Crippen LogP contribution in [0.5, 0.6) is 0 Å². The van der Waals surface area contributed by atoms with Crippen LogP contribution in [0.1, 0.15) is 16.7 Å². The van der Waals surface area contributed by atoms with Gasteiger partial charge in [-0.1, -0.05) is 59.8 Å². The Bertz CT molecular complexity index is 1260. The Morgan fingerprint density at radius 3 is 2.70 bits per heavy atom. The van der Waals surface area contributed by atoms with E-state index in [0.29, 0.717) is 16.4 Å². The Kier molecular flexibility index (Phi) is 5.67. The summed E-state index contributed by atoms with van der Waals surface area (Å²) >= 11 is 1.50. The highest BCUT2D eigenvalue weighted by Gasteiger charge is 2.15. The van der Waals surface area contributed by atoms with Gasteiger partial charge in [-0.05, 0) is 31.0 Å². The minimum absolute atomic E-state index is 0.170. The van der Waals surface area contributed by atoms with Gasteiger partial charge >= 0.3 is 5.69 Å². The summed E-state index contributed by atoms with van der Waals surface area (Å²) in [6.45, 7) is 3.76. The van der Waals surface area contributed by atoms with Crippen molar-refractivity contribution >= 4 is 29.0 Å². The van der Waals surface area contributed by atoms with Crippen LogP contribution in [0.25, 0.3) is 5.65 Å². The van der Waals surface area contributed by atoms with Crippen molar-refractivity contribution in [1.29, 1.82) is 0 Å². The number of aromatic nitrogens is 4. The third kappa shape index (κ3) is 4.28. The number of rotatable bonds is 6. The van der Waals surface area contributed by atoms with Crippen LogP contribution in [0.15, 0.2) is 70.7 Å². The fourth-order valence-electron chi connectivity index (χ4n) is 3.14. The zero-order chi connectivity index (χ0) is 21.1. The van der Waals surface area contributed by atoms with E-state index in [-0.39, 0.29) is 18.1 Å². The molecule has 1 amide bonds. The topological polar surface area (TPSA) is 81.3 Å². The van der Waals surface area contributed by atoms with Gasteiger partial charge in [0.25, 0.3) is 0 Å². The Balaban J connectivity index is 1.54. The summed E-state index contributed by atoms with van der Waals surface area (Å²) < 4.78 is 2.59. The van der Waals surface area contributed by atoms with Crippen LogP contribution in [0, 0.1) is 13.8 Å². The number of benzene rings is 2. The second-order valence-corrected chi connectivity index (χ2v) is 7.97. The smallest absolute Gasteiger partial charge is 0.324 e. The maximum atomic E-state index is 12.7. The maximum absolute atomic E-state index is 12.7. The number of hydrogen-bond acceptors (Lipinski definition) is 5. The van der Waals surface area contributed by atoms with E-state index in [1.807, 2.05) is 62.4 Å². The van der Waals surface area contributed by atoms with Gasteiger partial charge in [0.1, 0.15) is 11.6 Å². The lowest BCUT2D eigenvalue weighted by atomic mass is 10.1. The van der Waals surface area contributed by atoms with Crippen LogP contribution < -0.4 is 11.0 Å². The standard InChI is InChI=1S/C22H21N5O2S/c1-15-8-9-18(16(2)12-15)24-19(28)13-27-22(29)26-11-10-23-21(20(26)25-27)30-14-17-6-4-3-5-7-17/h3-12H,13-14H2,1-2H3,(H,24,28). The molecule has 30 heavy (non-hydrogen) atoms. The minimum atomic E-state index is -0.371. The van der Waals surface area contributed by atoms with Gasteiger partial charge in [0, 0.05) is 23.8 Å². The molecule has 4 aromatic rings. The molecule has 2 heterocycles. The van der Waals surface area contributed by atoms with Crippen LogP contribution in [0.4, 0.5) is 5.69 Å². The van der Waals surface area contributed by atoms with Gasteiger partial charge in [-0.3, -0.25) is 4.79 Å². The summed E-state index contributed by atoms with van der Waals surface area (Å²) in [7, 11) is 0. The molecule has 2 aromatic carbocycles. The molecule has 0 saturated heterocycles. The van der Waals surface area contributed by atoms with Crippen molar-refractivity contribution in [3.63, 3.8) is 0 Å². The summed E-state index contributed by atoms with van der Waals surface area (Å²) in [6, 6.07) is 15.8. The molecule has 0 bridgehead atoms. The molecule has 0 fully saturated rings. The first-order chi connectivity index (χ1) is 14.5. The SMILES string of the molecule is Cc1ccc(NC(=O)Cn2nc3c(SCc4ccccc4)nccn3c2=O)c(C)c1. The van der Waals surface area contributed by atoms with Crippen molar-refractivity contribution in [3.8, 4) is 0 Å². The molecule has 2 aromatic heterocycles. The Morgan fingerprint density at radius 1 is 1.13 bits per heavy atom. The third-order valence-corrected chi connectivity index (χ3v) is 5.68. The van der Waals surface area contributed by atoms with E-state index in [0.717, 1.165) is 22.4 Å². The highest BCUT2D eigenvalue weighted by Crippen LogP contribution is 2.23. The summed E-state index contributed by atoms with van der Waals surface area (Å²) in [5.74, 6) is 0.404. The maximum Gasteiger partial charge on any atom is 0.350 e. The highest BCUT2D eigenvalue weighted by atomic mass is 32.2. The fourth-order valence-corrected chi connectivity index (χ4v) is 4.04. The van der Waals surface area contributed by atoms with Gasteiger partial charge in [-0.25, -0.2) is 18.9 Å². The number of thioether (sulfide) groups is 1. The van der Waals surface area contributed by atoms with E-state index in [4.69, 9.17) is 0 Å². The zero-order valence-electron chi connectivity index (χ0n) is 16.7. The van der Waals surface area contributed by atoms with Crippen molar-refractivity contribution in [3.05, 3.63) is 88.1 Å². The lowest BCUT2D eigenvalue weighted by Crippen LogP contribution is -2.28. The van der Waals surface area contributed by atoms with E-state index in [1.165, 1.54) is 20.8 Å². The van der Waals surface area contributed by atoms with Gasteiger partial charge in [-0.15, -0.1) is 5.10 Å². The number of anilines is 1. The summed E-state index contributed by atoms with van der Waals surface area (Å²) in [5.41, 5.74) is 4.04. The monoisotopic (exact) mass is 419 g/mol. The normalized spacial score (nSPS) is 11.0. The number of carbonyl (C=O) groups excluding carboxylic acids is 1. The number of nitrogens with one attached hydrogen (secondary N) is 1. The van der Waals surface area contributed by atoms with Crippen molar-refractivity contribution in [2.24, 2.45) is 0 Å². The summed E-state index contributed by atoms with van der Waals surface area (Å²) in [5, 5.41) is 7.86. The summed E-state index contributed by atoms with van der Waals surface area (Å²) in [6.07, 6.45) is 3.14. The molecule has 0 aliphatic heterocycles. The fraction of sp³-hybridized carbons (Fsp3) is 0.182. The van der Waals surface area contributed by atoms with Crippen LogP contribution in [0.2, 0.25) is 0 Å². The van der Waals surface area contributed by atoms with Crippen molar-refractivity contribution in [2.45, 2.75) is 31.2 Å². The number of hydrogen-bond donors (Lipinski definition) is 1. The number of carbonyl (C=O) groups is 1. The largest absolute Gasteiger partial charge is 0.350 e. The van der Waals surface area contributed by atoms with Gasteiger partial charge in [-0.2, -0.15) is 0 Å². The summed E-state index contributed by atoms with van der Waals surface area (Å²) in [4.78, 5) is 29.6. The number of fused-ring (bicyclic) bond motifs is 1. The Labute approximate surface area is 177 Å². The zero-order valence-corrected chi connectivity index (χ0v) is 17.5. The van der Waals surface area contributed by atoms with E-state index >= 15 is 0 Å². The van der Waals surface area contributed by atoms with E-state index in [2.05, 4.69) is 15.4 Å². The average molecular weight is 420 g/mol. The van der Waals surface area contributed by atoms with Gasteiger partial charge < -0.3 is 5.32 Å². The van der Waals surface area contributed by atoms with Crippen LogP contribution in [-0.4, -0.2) is 25.1 Å². The van der Waals surface area contributed by atoms with Crippen molar-refractivity contribution < 1.29 is 4.79 Å². The molecule has 0 radical (unpaired) electrons. The second-order valence-electron chi connectivity index (χ2n) is 7.01. The van der Waals surface area contributed by atoms with E-state index in [9.17, 15) is 9.59 Å². The molecule has 0 atom stereocenters. The first-order valence-corrected chi connectivity index (χ1v) is 10.5. The number of amides is 1. The Hall–Kier alpha value is -3.39. The van der Waals surface area contributed by atoms with E-state index in [1.54, 1.807) is 12.4 Å². The average Bonchev–Trinajstić information content (AvgIpc) is 3.05. The van der Waals surface area contributed by atoms with Crippen LogP contribution in [0.3, 0.4) is 0 Å². The lowest BCUT2D eigenvalue weighted by molar-refractivity contribution is -0.117. The molecule has 8 heteroatoms. The molecule has 7 nitrogen and oxygen atoms in total. The number of nitrogens with zero attached hydrogens (tertiary/aromatic N) is 4. The second kappa shape index (κ2) is 8.54. The van der Waals surface area contributed by atoms with Gasteiger partial charge in [0.15, 0.2) is 5.65 Å². The van der Waals surface area contributed by atoms with E-state index < -0.39 is 0 Å². The third-order valence-electron chi connectivity index (χ3n) is 4.64. The van der Waals surface area contributed by atoms with Crippen LogP contribution >= 0.6 is 11.8 Å². The molecule has 1 N–H and O–H groups in total. The van der Waals surface area contributed by atoms with Crippen molar-refractivity contribution in [1.82, 2.24) is 19.2 Å². The molecule has 0 saturated carbocycles. The molecule has 4 rings (SSSR count). The Morgan fingerprint density at radius 2 is 1.93 bits per heavy atom. The molecule has 0 unspecified atom stereocenters. The molecule has 0 aliphatic carbocycles. The van der Waals surface area contributed by atoms with Crippen molar-refractivity contribution in [2.75, 3.05) is 5.32 Å². The minimum Gasteiger partial charge on any atom is -0.324 e. The number of aryl methyl sites for hydroxylation is 2. The predicted molar refractivity (Wildman–Crippen MR) is 118 cm³/mol. The lowest BCUT2D eigenvalue weighted by Gasteiger charge is -2.08. The molecule has 152 valence electrons. The first-order valence-electron chi connectivity index (χ1n) is 9.49. The van der Waals surface area contributed by atoms with Gasteiger partial charge in [0.05, 0.1) is 0 Å². The molecule has 0 spiro atoms. The quantitative estimate of drug-likeness (QED) is 0.484. The molecule has 0 aliphatic rings. The predicted octanol–water partition coefficient (Wildman–Crippen LogP) is 3.44. The van der Waals surface area contributed by atoms with Crippen LogP contribution in [-0.2, 0) is 17.1 Å². The molecular formula is C22H21N5O2S. The van der Waals surface area contributed by atoms with Gasteiger partial charge in [0.2, 0.25) is 5.91 Å². The highest BCUT2D eigenvalue weighted by molar-refractivity contribution is 7.98. The molecular weight excluding hydrogens is 398 g/mol.